The van der Waals surface area contributed by atoms with E-state index in [1.165, 1.54) is 27.9 Å². The Morgan fingerprint density at radius 1 is 0.700 bits per heavy atom. The first kappa shape index (κ1) is 22.8. The Morgan fingerprint density at radius 2 is 1.10 bits per heavy atom. The highest BCUT2D eigenvalue weighted by molar-refractivity contribution is 5.66. The third-order valence-electron chi connectivity index (χ3n) is 6.54. The summed E-state index contributed by atoms with van der Waals surface area (Å²) >= 11 is 0. The summed E-state index contributed by atoms with van der Waals surface area (Å²) in [6, 6.07) is 13.1. The number of rotatable bonds is 6. The maximum atomic E-state index is 14.4. The summed E-state index contributed by atoms with van der Waals surface area (Å²) in [7, 11) is 0. The predicted octanol–water partition coefficient (Wildman–Crippen LogP) is 7.46. The van der Waals surface area contributed by atoms with Crippen molar-refractivity contribution < 1.29 is 0 Å². The van der Waals surface area contributed by atoms with Gasteiger partial charge in [0.15, 0.2) is 6.67 Å². The van der Waals surface area contributed by atoms with Crippen LogP contribution in [-0.4, -0.2) is 19.8 Å². The van der Waals surface area contributed by atoms with E-state index in [2.05, 4.69) is 96.7 Å². The Bertz CT molecular complexity index is 832. The van der Waals surface area contributed by atoms with Crippen molar-refractivity contribution >= 4 is 11.4 Å². The molecule has 1 heterocycles. The quantitative estimate of drug-likeness (QED) is 0.366. The summed E-state index contributed by atoms with van der Waals surface area (Å²) in [6.45, 7) is 19.7. The standard InChI is InChI=1S/C27H40N2O/c1-18(2)22-11-9-12-23(19(3)4)26(22)28-15-16-29(30,17-28)27-24(20(5)6)13-10-14-25(27)21(7)8/h9-14,18-21H,15-17H2,1-8H3. The normalized spacial score (nSPS) is 19.7. The molecule has 0 bridgehead atoms. The summed E-state index contributed by atoms with van der Waals surface area (Å²) in [6.07, 6.45) is 0. The number of nitrogens with zero attached hydrogens (tertiary/aromatic N) is 2. The van der Waals surface area contributed by atoms with Crippen LogP contribution in [0.5, 0.6) is 0 Å². The van der Waals surface area contributed by atoms with Gasteiger partial charge in [0.2, 0.25) is 0 Å². The average molecular weight is 409 g/mol. The van der Waals surface area contributed by atoms with Crippen LogP contribution in [0, 0.1) is 5.21 Å². The van der Waals surface area contributed by atoms with E-state index in [0.29, 0.717) is 36.9 Å². The second-order valence-electron chi connectivity index (χ2n) is 10.2. The maximum Gasteiger partial charge on any atom is 0.159 e. The molecule has 0 spiro atoms. The molecule has 0 aliphatic carbocycles. The molecule has 2 aromatic carbocycles. The van der Waals surface area contributed by atoms with E-state index in [1.54, 1.807) is 0 Å². The van der Waals surface area contributed by atoms with E-state index in [4.69, 9.17) is 0 Å². The molecule has 1 atom stereocenters. The minimum absolute atomic E-state index is 0.244. The molecule has 3 heteroatoms. The highest BCUT2D eigenvalue weighted by atomic mass is 16.6. The lowest BCUT2D eigenvalue weighted by Gasteiger charge is -2.42. The van der Waals surface area contributed by atoms with Crippen molar-refractivity contribution in [1.29, 1.82) is 0 Å². The molecule has 3 nitrogen and oxygen atoms in total. The second kappa shape index (κ2) is 8.72. The van der Waals surface area contributed by atoms with Gasteiger partial charge >= 0.3 is 0 Å². The fourth-order valence-electron chi connectivity index (χ4n) is 4.92. The minimum Gasteiger partial charge on any atom is -0.626 e. The highest BCUT2D eigenvalue weighted by Gasteiger charge is 2.38. The number of quaternary nitrogens is 1. The van der Waals surface area contributed by atoms with Crippen molar-refractivity contribution in [3.8, 4) is 0 Å². The van der Waals surface area contributed by atoms with Gasteiger partial charge in [-0.3, -0.25) is 0 Å². The molecular weight excluding hydrogens is 368 g/mol. The van der Waals surface area contributed by atoms with Crippen LogP contribution in [0.2, 0.25) is 0 Å². The molecule has 164 valence electrons. The van der Waals surface area contributed by atoms with E-state index >= 15 is 0 Å². The Balaban J connectivity index is 2.11. The third kappa shape index (κ3) is 4.15. The summed E-state index contributed by atoms with van der Waals surface area (Å²) in [5, 5.41) is 14.4. The van der Waals surface area contributed by atoms with Crippen LogP contribution in [0.1, 0.15) is 101 Å². The van der Waals surface area contributed by atoms with Crippen molar-refractivity contribution in [3.63, 3.8) is 0 Å². The molecular formula is C27H40N2O. The topological polar surface area (TPSA) is 26.3 Å². The van der Waals surface area contributed by atoms with Crippen LogP contribution < -0.4 is 9.55 Å². The Morgan fingerprint density at radius 3 is 1.50 bits per heavy atom. The molecule has 1 saturated heterocycles. The summed E-state index contributed by atoms with van der Waals surface area (Å²) in [5.41, 5.74) is 7.44. The van der Waals surface area contributed by atoms with Gasteiger partial charge < -0.3 is 14.8 Å². The predicted molar refractivity (Wildman–Crippen MR) is 131 cm³/mol. The lowest BCUT2D eigenvalue weighted by molar-refractivity contribution is 0.447. The zero-order valence-corrected chi connectivity index (χ0v) is 20.2. The van der Waals surface area contributed by atoms with Gasteiger partial charge in [0.05, 0.1) is 6.54 Å². The fraction of sp³-hybridized carbons (Fsp3) is 0.556. The van der Waals surface area contributed by atoms with E-state index in [0.717, 1.165) is 12.2 Å². The number of hydrogen-bond donors (Lipinski definition) is 0. The molecule has 1 aliphatic rings. The Kier molecular flexibility index (Phi) is 6.64. The van der Waals surface area contributed by atoms with E-state index in [1.807, 2.05) is 0 Å². The van der Waals surface area contributed by atoms with Gasteiger partial charge in [-0.15, -0.1) is 0 Å². The Hall–Kier alpha value is -1.84. The molecule has 0 saturated carbocycles. The molecule has 0 amide bonds. The largest absolute Gasteiger partial charge is 0.626 e. The molecule has 0 radical (unpaired) electrons. The summed E-state index contributed by atoms with van der Waals surface area (Å²) < 4.78 is -0.244. The van der Waals surface area contributed by atoms with Crippen molar-refractivity contribution in [3.05, 3.63) is 63.9 Å². The van der Waals surface area contributed by atoms with Crippen LogP contribution in [0.25, 0.3) is 0 Å². The zero-order chi connectivity index (χ0) is 22.2. The first-order valence-electron chi connectivity index (χ1n) is 11.7. The minimum atomic E-state index is -0.244. The van der Waals surface area contributed by atoms with Gasteiger partial charge in [0, 0.05) is 16.8 Å². The smallest absolute Gasteiger partial charge is 0.159 e. The molecule has 30 heavy (non-hydrogen) atoms. The molecule has 3 rings (SSSR count). The molecule has 1 aliphatic heterocycles. The Labute approximate surface area is 183 Å². The summed E-state index contributed by atoms with van der Waals surface area (Å²) in [5.74, 6) is 1.54. The van der Waals surface area contributed by atoms with E-state index in [-0.39, 0.29) is 4.65 Å². The molecule has 0 N–H and O–H groups in total. The van der Waals surface area contributed by atoms with Crippen molar-refractivity contribution in [2.24, 2.45) is 0 Å². The number of anilines is 1. The maximum absolute atomic E-state index is 14.4. The lowest BCUT2D eigenvalue weighted by Crippen LogP contribution is -2.44. The molecule has 0 aromatic heterocycles. The number of para-hydroxylation sites is 2. The first-order valence-corrected chi connectivity index (χ1v) is 11.7. The van der Waals surface area contributed by atoms with Crippen LogP contribution in [0.15, 0.2) is 36.4 Å². The average Bonchev–Trinajstić information content (AvgIpc) is 3.09. The number of benzene rings is 2. The first-order chi connectivity index (χ1) is 14.1. The second-order valence-corrected chi connectivity index (χ2v) is 10.2. The SMILES string of the molecule is CC(C)c1cccc(C(C)C)c1N1CC[N+]([O-])(c2c(C(C)C)cccc2C(C)C)C1. The van der Waals surface area contributed by atoms with Crippen molar-refractivity contribution in [2.45, 2.75) is 79.1 Å². The fourth-order valence-corrected chi connectivity index (χ4v) is 4.92. The van der Waals surface area contributed by atoms with Gasteiger partial charge in [-0.2, -0.15) is 0 Å². The van der Waals surface area contributed by atoms with Gasteiger partial charge in [0.25, 0.3) is 0 Å². The van der Waals surface area contributed by atoms with Crippen LogP contribution in [-0.2, 0) is 0 Å². The van der Waals surface area contributed by atoms with Crippen molar-refractivity contribution in [2.75, 3.05) is 24.7 Å². The molecule has 1 unspecified atom stereocenters. The van der Waals surface area contributed by atoms with Crippen LogP contribution >= 0.6 is 0 Å². The third-order valence-corrected chi connectivity index (χ3v) is 6.54. The lowest BCUT2D eigenvalue weighted by atomic mass is 9.91. The number of hydrogen-bond acceptors (Lipinski definition) is 2. The van der Waals surface area contributed by atoms with Gasteiger partial charge in [0.1, 0.15) is 12.2 Å². The summed E-state index contributed by atoms with van der Waals surface area (Å²) in [4.78, 5) is 2.37. The monoisotopic (exact) mass is 408 g/mol. The van der Waals surface area contributed by atoms with Crippen LogP contribution in [0.3, 0.4) is 0 Å². The van der Waals surface area contributed by atoms with E-state index < -0.39 is 0 Å². The van der Waals surface area contributed by atoms with Gasteiger partial charge in [-0.25, -0.2) is 0 Å². The zero-order valence-electron chi connectivity index (χ0n) is 20.2. The molecule has 2 aromatic rings. The number of hydroxylamine groups is 2. The van der Waals surface area contributed by atoms with Crippen molar-refractivity contribution in [1.82, 2.24) is 4.65 Å². The van der Waals surface area contributed by atoms with Crippen LogP contribution in [0.4, 0.5) is 11.4 Å². The van der Waals surface area contributed by atoms with E-state index in [9.17, 15) is 5.21 Å². The molecule has 1 fully saturated rings. The highest BCUT2D eigenvalue weighted by Crippen LogP contribution is 2.43. The van der Waals surface area contributed by atoms with Gasteiger partial charge in [-0.05, 0) is 34.8 Å². The van der Waals surface area contributed by atoms with Gasteiger partial charge in [-0.1, -0.05) is 91.8 Å².